The molecule has 0 spiro atoms. The second-order valence-electron chi connectivity index (χ2n) is 7.43. The number of aromatic nitrogens is 3. The van der Waals surface area contributed by atoms with Crippen LogP contribution in [0.5, 0.6) is 0 Å². The quantitative estimate of drug-likeness (QED) is 0.385. The van der Waals surface area contributed by atoms with Crippen LogP contribution in [-0.2, 0) is 12.8 Å². The van der Waals surface area contributed by atoms with E-state index in [1.54, 1.807) is 0 Å². The highest BCUT2D eigenvalue weighted by molar-refractivity contribution is 5.78. The zero-order chi connectivity index (χ0) is 17.7. The molecule has 0 aliphatic heterocycles. The fourth-order valence-corrected chi connectivity index (χ4v) is 3.70. The van der Waals surface area contributed by atoms with Crippen molar-refractivity contribution in [2.24, 2.45) is 0 Å². The lowest BCUT2D eigenvalue weighted by atomic mass is 9.95. The predicted molar refractivity (Wildman–Crippen MR) is 108 cm³/mol. The number of fused-ring (bicyclic) bond motifs is 1. The van der Waals surface area contributed by atoms with Gasteiger partial charge >= 0.3 is 0 Å². The molecule has 1 heterocycles. The smallest absolute Gasteiger partial charge is 0.116 e. The van der Waals surface area contributed by atoms with E-state index in [9.17, 15) is 0 Å². The van der Waals surface area contributed by atoms with Gasteiger partial charge in [0.25, 0.3) is 0 Å². The summed E-state index contributed by atoms with van der Waals surface area (Å²) in [5.74, 6) is 0. The predicted octanol–water partition coefficient (Wildman–Crippen LogP) is 6.76. The average Bonchev–Trinajstić information content (AvgIpc) is 3.10. The second kappa shape index (κ2) is 12.1. The van der Waals surface area contributed by atoms with Crippen LogP contribution in [0.2, 0.25) is 0 Å². The molecule has 0 bridgehead atoms. The third-order valence-corrected chi connectivity index (χ3v) is 5.27. The molecule has 0 aliphatic rings. The molecule has 140 valence electrons. The van der Waals surface area contributed by atoms with Gasteiger partial charge in [-0.2, -0.15) is 15.4 Å². The number of aromatic amines is 1. The Bertz CT molecular complexity index is 588. The summed E-state index contributed by atoms with van der Waals surface area (Å²) in [5.41, 5.74) is 5.09. The second-order valence-corrected chi connectivity index (χ2v) is 7.43. The lowest BCUT2D eigenvalue weighted by molar-refractivity contribution is 0.600. The van der Waals surface area contributed by atoms with Crippen molar-refractivity contribution in [3.05, 3.63) is 23.3 Å². The van der Waals surface area contributed by atoms with Crippen LogP contribution in [0.25, 0.3) is 11.0 Å². The van der Waals surface area contributed by atoms with Crippen molar-refractivity contribution in [3.63, 3.8) is 0 Å². The highest BCUT2D eigenvalue weighted by Gasteiger charge is 2.10. The van der Waals surface area contributed by atoms with E-state index in [0.29, 0.717) is 0 Å². The normalized spacial score (nSPS) is 11.4. The standard InChI is InChI=1S/C22H37N3/c1-3-5-7-9-11-13-15-19-17-18-21-22(24-25-23-21)20(19)16-14-12-10-8-6-4-2/h17-18H,3-16H2,1-2H3,(H,23,24,25). The monoisotopic (exact) mass is 343 g/mol. The van der Waals surface area contributed by atoms with Gasteiger partial charge in [-0.25, -0.2) is 0 Å². The van der Waals surface area contributed by atoms with Crippen LogP contribution < -0.4 is 0 Å². The van der Waals surface area contributed by atoms with Crippen LogP contribution in [0.15, 0.2) is 12.1 Å². The third kappa shape index (κ3) is 6.80. The number of hydrogen-bond acceptors (Lipinski definition) is 2. The van der Waals surface area contributed by atoms with Gasteiger partial charge in [-0.1, -0.05) is 84.1 Å². The number of nitrogens with zero attached hydrogens (tertiary/aromatic N) is 2. The number of hydrogen-bond donors (Lipinski definition) is 1. The Kier molecular flexibility index (Phi) is 9.61. The summed E-state index contributed by atoms with van der Waals surface area (Å²) in [5, 5.41) is 11.5. The SMILES string of the molecule is CCCCCCCCc1ccc2n[nH]nc2c1CCCCCCCC. The number of benzene rings is 1. The first-order valence-electron chi connectivity index (χ1n) is 10.7. The summed E-state index contributed by atoms with van der Waals surface area (Å²) in [7, 11) is 0. The van der Waals surface area contributed by atoms with E-state index in [-0.39, 0.29) is 0 Å². The van der Waals surface area contributed by atoms with Gasteiger partial charge in [0.15, 0.2) is 0 Å². The molecule has 25 heavy (non-hydrogen) atoms. The number of unbranched alkanes of at least 4 members (excludes halogenated alkanes) is 10. The number of H-pyrrole nitrogens is 1. The van der Waals surface area contributed by atoms with E-state index in [4.69, 9.17) is 0 Å². The summed E-state index contributed by atoms with van der Waals surface area (Å²) in [6, 6.07) is 4.43. The van der Waals surface area contributed by atoms with E-state index in [1.165, 1.54) is 94.6 Å². The van der Waals surface area contributed by atoms with Gasteiger partial charge in [0.05, 0.1) is 0 Å². The molecule has 3 heteroatoms. The van der Waals surface area contributed by atoms with Crippen molar-refractivity contribution in [2.45, 2.75) is 104 Å². The molecular weight excluding hydrogens is 306 g/mol. The molecule has 0 unspecified atom stereocenters. The average molecular weight is 344 g/mol. The maximum atomic E-state index is 4.44. The summed E-state index contributed by atoms with van der Waals surface area (Å²) >= 11 is 0. The Morgan fingerprint density at radius 3 is 1.96 bits per heavy atom. The Labute approximate surface area is 154 Å². The Balaban J connectivity index is 1.87. The summed E-state index contributed by atoms with van der Waals surface area (Å²) < 4.78 is 0. The molecule has 2 rings (SSSR count). The van der Waals surface area contributed by atoms with E-state index >= 15 is 0 Å². The zero-order valence-corrected chi connectivity index (χ0v) is 16.4. The van der Waals surface area contributed by atoms with Gasteiger partial charge in [-0.3, -0.25) is 0 Å². The van der Waals surface area contributed by atoms with Crippen molar-refractivity contribution in [1.82, 2.24) is 15.4 Å². The Morgan fingerprint density at radius 2 is 1.28 bits per heavy atom. The maximum Gasteiger partial charge on any atom is 0.116 e. The van der Waals surface area contributed by atoms with Gasteiger partial charge in [-0.05, 0) is 42.9 Å². The fraction of sp³-hybridized carbons (Fsp3) is 0.727. The van der Waals surface area contributed by atoms with Crippen molar-refractivity contribution in [1.29, 1.82) is 0 Å². The lowest BCUT2D eigenvalue weighted by Gasteiger charge is -2.10. The molecule has 2 aromatic rings. The molecule has 0 aliphatic carbocycles. The van der Waals surface area contributed by atoms with Crippen LogP contribution in [0.1, 0.15) is 102 Å². The number of rotatable bonds is 14. The number of nitrogens with one attached hydrogen (secondary N) is 1. The van der Waals surface area contributed by atoms with Crippen LogP contribution in [0.3, 0.4) is 0 Å². The topological polar surface area (TPSA) is 41.6 Å². The first-order chi connectivity index (χ1) is 12.4. The molecular formula is C22H37N3. The van der Waals surface area contributed by atoms with Crippen molar-refractivity contribution >= 4 is 11.0 Å². The molecule has 0 saturated heterocycles. The molecule has 0 atom stereocenters. The van der Waals surface area contributed by atoms with Gasteiger partial charge in [0, 0.05) is 0 Å². The minimum Gasteiger partial charge on any atom is -0.197 e. The molecule has 0 radical (unpaired) electrons. The van der Waals surface area contributed by atoms with Gasteiger partial charge in [0.1, 0.15) is 11.0 Å². The van der Waals surface area contributed by atoms with Crippen LogP contribution in [0.4, 0.5) is 0 Å². The molecule has 1 aromatic heterocycles. The van der Waals surface area contributed by atoms with Gasteiger partial charge < -0.3 is 0 Å². The van der Waals surface area contributed by atoms with Crippen molar-refractivity contribution in [3.8, 4) is 0 Å². The third-order valence-electron chi connectivity index (χ3n) is 5.27. The molecule has 0 amide bonds. The molecule has 1 N–H and O–H groups in total. The van der Waals surface area contributed by atoms with E-state index in [1.807, 2.05) is 0 Å². The van der Waals surface area contributed by atoms with E-state index in [0.717, 1.165) is 17.5 Å². The van der Waals surface area contributed by atoms with Crippen LogP contribution in [-0.4, -0.2) is 15.4 Å². The largest absolute Gasteiger partial charge is 0.197 e. The van der Waals surface area contributed by atoms with Crippen LogP contribution in [0, 0.1) is 0 Å². The first kappa shape index (κ1) is 19.9. The van der Waals surface area contributed by atoms with Gasteiger partial charge in [-0.15, -0.1) is 0 Å². The highest BCUT2D eigenvalue weighted by Crippen LogP contribution is 2.23. The molecule has 0 saturated carbocycles. The highest BCUT2D eigenvalue weighted by atomic mass is 15.3. The Morgan fingerprint density at radius 1 is 0.680 bits per heavy atom. The van der Waals surface area contributed by atoms with Crippen molar-refractivity contribution < 1.29 is 0 Å². The minimum absolute atomic E-state index is 1.02. The van der Waals surface area contributed by atoms with E-state index < -0.39 is 0 Å². The zero-order valence-electron chi connectivity index (χ0n) is 16.4. The summed E-state index contributed by atoms with van der Waals surface area (Å²) in [6.45, 7) is 4.56. The van der Waals surface area contributed by atoms with Crippen LogP contribution >= 0.6 is 0 Å². The van der Waals surface area contributed by atoms with E-state index in [2.05, 4.69) is 41.4 Å². The molecule has 1 aromatic carbocycles. The Hall–Kier alpha value is -1.38. The van der Waals surface area contributed by atoms with Crippen molar-refractivity contribution in [2.75, 3.05) is 0 Å². The maximum absolute atomic E-state index is 4.44. The molecule has 0 fully saturated rings. The fourth-order valence-electron chi connectivity index (χ4n) is 3.70. The summed E-state index contributed by atoms with van der Waals surface area (Å²) in [4.78, 5) is 0. The van der Waals surface area contributed by atoms with Gasteiger partial charge in [0.2, 0.25) is 0 Å². The first-order valence-corrected chi connectivity index (χ1v) is 10.7. The lowest BCUT2D eigenvalue weighted by Crippen LogP contribution is -1.97. The minimum atomic E-state index is 1.02. The molecule has 3 nitrogen and oxygen atoms in total. The summed E-state index contributed by atoms with van der Waals surface area (Å²) in [6.07, 6.45) is 18.6. The number of aryl methyl sites for hydroxylation is 2.